The lowest BCUT2D eigenvalue weighted by Gasteiger charge is -2.38. The Morgan fingerprint density at radius 2 is 1.59 bits per heavy atom. The zero-order chi connectivity index (χ0) is 24.1. The fraction of sp³-hybridized carbons (Fsp3) is 0.417. The quantitative estimate of drug-likeness (QED) is 0.648. The second kappa shape index (κ2) is 8.19. The number of cyclic esters (lactones) is 1. The minimum Gasteiger partial charge on any atom is -0.493 e. The van der Waals surface area contributed by atoms with Gasteiger partial charge in [-0.2, -0.15) is 0 Å². The smallest absolute Gasteiger partial charge is 0.493 e. The number of rotatable bonds is 5. The number of ether oxygens (including phenoxy) is 7. The Bertz CT molecular complexity index is 1130. The van der Waals surface area contributed by atoms with Crippen molar-refractivity contribution in [3.05, 3.63) is 41.0 Å². The molecule has 0 radical (unpaired) electrons. The van der Waals surface area contributed by atoms with E-state index in [1.54, 1.807) is 31.2 Å². The number of benzene rings is 2. The van der Waals surface area contributed by atoms with Gasteiger partial charge in [-0.25, -0.2) is 4.79 Å². The van der Waals surface area contributed by atoms with Gasteiger partial charge in [0.25, 0.3) is 0 Å². The predicted octanol–water partition coefficient (Wildman–Crippen LogP) is 3.50. The number of fused-ring (bicyclic) bond motifs is 3. The van der Waals surface area contributed by atoms with Crippen molar-refractivity contribution in [2.24, 2.45) is 11.8 Å². The number of esters is 1. The van der Waals surface area contributed by atoms with Gasteiger partial charge in [-0.3, -0.25) is 4.79 Å². The number of carbonyl (C=O) groups excluding carboxylic acids is 1. The van der Waals surface area contributed by atoms with Crippen LogP contribution in [0.25, 0.3) is 0 Å². The molecule has 1 N–H and O–H groups in total. The minimum atomic E-state index is -1.44. The molecule has 0 amide bonds. The average Bonchev–Trinajstić information content (AvgIpc) is 3.37. The molecule has 0 bridgehead atoms. The van der Waals surface area contributed by atoms with Crippen molar-refractivity contribution in [3.63, 3.8) is 0 Å². The van der Waals surface area contributed by atoms with E-state index in [4.69, 9.17) is 33.2 Å². The Labute approximate surface area is 195 Å². The van der Waals surface area contributed by atoms with E-state index in [9.17, 15) is 14.7 Å². The Morgan fingerprint density at radius 3 is 2.15 bits per heavy atom. The molecule has 2 heterocycles. The van der Waals surface area contributed by atoms with Crippen molar-refractivity contribution in [2.75, 3.05) is 27.9 Å². The topological polar surface area (TPSA) is 119 Å². The van der Waals surface area contributed by atoms with Crippen LogP contribution in [0.1, 0.15) is 35.6 Å². The molecular weight excluding hydrogens is 448 g/mol. The largest absolute Gasteiger partial charge is 0.506 e. The van der Waals surface area contributed by atoms with Crippen molar-refractivity contribution < 1.29 is 47.9 Å². The normalized spacial score (nSPS) is 26.2. The summed E-state index contributed by atoms with van der Waals surface area (Å²) in [5, 5.41) is 9.44. The number of carbonyl (C=O) groups is 2. The Hall–Kier alpha value is -3.82. The lowest BCUT2D eigenvalue weighted by atomic mass is 9.66. The summed E-state index contributed by atoms with van der Waals surface area (Å²) in [7, 11) is 4.54. The number of hydrogen-bond acceptors (Lipinski definition) is 9. The fourth-order valence-corrected chi connectivity index (χ4v) is 5.24. The summed E-state index contributed by atoms with van der Waals surface area (Å²) in [6.07, 6.45) is -2.85. The van der Waals surface area contributed by atoms with Crippen LogP contribution in [0.15, 0.2) is 24.3 Å². The molecule has 5 atom stereocenters. The third-order valence-electron chi connectivity index (χ3n) is 6.55. The molecule has 34 heavy (non-hydrogen) atoms. The van der Waals surface area contributed by atoms with Crippen LogP contribution >= 0.6 is 0 Å². The van der Waals surface area contributed by atoms with Gasteiger partial charge >= 0.3 is 12.1 Å². The highest BCUT2D eigenvalue weighted by Gasteiger charge is 2.54. The molecule has 0 spiro atoms. The maximum Gasteiger partial charge on any atom is 0.506 e. The molecule has 10 heteroatoms. The van der Waals surface area contributed by atoms with Crippen LogP contribution in [0.4, 0.5) is 4.79 Å². The standard InChI is InChI=1S/C24H24O10/c1-10-32-15-7-12-13(8-16(15)33-10)21(34-24(26)27)14-9-31-23(25)20(14)19(12)11-5-17(28-2)22(30-4)18(6-11)29-3/h5-8,10,14,19-21H,9H2,1-4H3,(H,26,27)/t10?,14-,19+,20+,21-/m0/s1. The average molecular weight is 472 g/mol. The van der Waals surface area contributed by atoms with E-state index in [0.29, 0.717) is 45.4 Å². The SMILES string of the molecule is COc1cc([C@@H]2c3cc4c(cc3[C@H](OC(=O)O)[C@H]3COC(=O)[C@@H]23)OC(C)O4)cc(OC)c1OC. The maximum absolute atomic E-state index is 13.0. The van der Waals surface area contributed by atoms with E-state index < -0.39 is 42.3 Å². The molecule has 2 aliphatic heterocycles. The van der Waals surface area contributed by atoms with E-state index in [-0.39, 0.29) is 6.61 Å². The van der Waals surface area contributed by atoms with Crippen molar-refractivity contribution in [2.45, 2.75) is 25.2 Å². The second-order valence-electron chi connectivity index (χ2n) is 8.29. The van der Waals surface area contributed by atoms with Crippen LogP contribution in [-0.4, -0.2) is 51.5 Å². The summed E-state index contributed by atoms with van der Waals surface area (Å²) >= 11 is 0. The van der Waals surface area contributed by atoms with Crippen LogP contribution < -0.4 is 23.7 Å². The van der Waals surface area contributed by atoms with Gasteiger partial charge in [0.2, 0.25) is 12.0 Å². The first kappa shape index (κ1) is 22.0. The first-order valence-electron chi connectivity index (χ1n) is 10.7. The highest BCUT2D eigenvalue weighted by atomic mass is 16.7. The molecular formula is C24H24O10. The number of hydrogen-bond donors (Lipinski definition) is 1. The zero-order valence-electron chi connectivity index (χ0n) is 19.0. The first-order chi connectivity index (χ1) is 16.4. The second-order valence-corrected chi connectivity index (χ2v) is 8.29. The number of methoxy groups -OCH3 is 3. The van der Waals surface area contributed by atoms with Crippen LogP contribution in [0.3, 0.4) is 0 Å². The molecule has 0 saturated carbocycles. The van der Waals surface area contributed by atoms with Crippen LogP contribution in [0, 0.1) is 11.8 Å². The Morgan fingerprint density at radius 1 is 0.971 bits per heavy atom. The molecule has 1 fully saturated rings. The summed E-state index contributed by atoms with van der Waals surface area (Å²) in [6, 6.07) is 7.07. The van der Waals surface area contributed by atoms with Crippen LogP contribution in [0.5, 0.6) is 28.7 Å². The Kier molecular flexibility index (Phi) is 5.30. The summed E-state index contributed by atoms with van der Waals surface area (Å²) in [6.45, 7) is 1.79. The predicted molar refractivity (Wildman–Crippen MR) is 115 cm³/mol. The van der Waals surface area contributed by atoms with Crippen LogP contribution in [-0.2, 0) is 14.3 Å². The van der Waals surface area contributed by atoms with E-state index >= 15 is 0 Å². The summed E-state index contributed by atoms with van der Waals surface area (Å²) in [4.78, 5) is 24.6. The molecule has 1 unspecified atom stereocenters. The van der Waals surface area contributed by atoms with E-state index in [1.807, 2.05) is 0 Å². The molecule has 1 saturated heterocycles. The minimum absolute atomic E-state index is 0.0344. The fourth-order valence-electron chi connectivity index (χ4n) is 5.24. The molecule has 2 aromatic rings. The molecule has 2 aromatic carbocycles. The third kappa shape index (κ3) is 3.32. The van der Waals surface area contributed by atoms with Crippen LogP contribution in [0.2, 0.25) is 0 Å². The van der Waals surface area contributed by atoms with Crippen molar-refractivity contribution in [3.8, 4) is 28.7 Å². The first-order valence-corrected chi connectivity index (χ1v) is 10.7. The van der Waals surface area contributed by atoms with Gasteiger partial charge in [-0.05, 0) is 35.4 Å². The molecule has 1 aliphatic carbocycles. The third-order valence-corrected chi connectivity index (χ3v) is 6.55. The van der Waals surface area contributed by atoms with Crippen molar-refractivity contribution in [1.82, 2.24) is 0 Å². The lowest BCUT2D eigenvalue weighted by molar-refractivity contribution is -0.141. The van der Waals surface area contributed by atoms with Gasteiger partial charge in [-0.15, -0.1) is 0 Å². The summed E-state index contributed by atoms with van der Waals surface area (Å²) < 4.78 is 38.7. The van der Waals surface area contributed by atoms with Gasteiger partial charge < -0.3 is 38.3 Å². The summed E-state index contributed by atoms with van der Waals surface area (Å²) in [5.74, 6) is 0.0956. The van der Waals surface area contributed by atoms with Gasteiger partial charge in [0, 0.05) is 24.3 Å². The Balaban J connectivity index is 1.75. The van der Waals surface area contributed by atoms with E-state index in [0.717, 1.165) is 0 Å². The maximum atomic E-state index is 13.0. The molecule has 0 aromatic heterocycles. The van der Waals surface area contributed by atoms with Crippen molar-refractivity contribution >= 4 is 12.1 Å². The molecule has 5 rings (SSSR count). The monoisotopic (exact) mass is 472 g/mol. The highest BCUT2D eigenvalue weighted by molar-refractivity contribution is 5.79. The van der Waals surface area contributed by atoms with Gasteiger partial charge in [0.05, 0.1) is 33.9 Å². The lowest BCUT2D eigenvalue weighted by Crippen LogP contribution is -2.36. The van der Waals surface area contributed by atoms with Gasteiger partial charge in [-0.1, -0.05) is 0 Å². The molecule has 3 aliphatic rings. The zero-order valence-corrected chi connectivity index (χ0v) is 19.0. The molecule has 10 nitrogen and oxygen atoms in total. The molecule has 180 valence electrons. The van der Waals surface area contributed by atoms with Gasteiger partial charge in [0.1, 0.15) is 6.10 Å². The van der Waals surface area contributed by atoms with Crippen molar-refractivity contribution in [1.29, 1.82) is 0 Å². The number of carboxylic acid groups (broad SMARTS) is 1. The van der Waals surface area contributed by atoms with Gasteiger partial charge in [0.15, 0.2) is 23.0 Å². The van der Waals surface area contributed by atoms with E-state index in [2.05, 4.69) is 0 Å². The highest BCUT2D eigenvalue weighted by Crippen LogP contribution is 2.56. The van der Waals surface area contributed by atoms with E-state index in [1.165, 1.54) is 21.3 Å². The summed E-state index contributed by atoms with van der Waals surface area (Å²) in [5.41, 5.74) is 1.99.